The van der Waals surface area contributed by atoms with Crippen molar-refractivity contribution in [2.24, 2.45) is 0 Å². The molecule has 110 valence electrons. The van der Waals surface area contributed by atoms with Crippen LogP contribution in [0.4, 0.5) is 0 Å². The smallest absolute Gasteiger partial charge is 0.145 e. The maximum absolute atomic E-state index is 11.0. The third kappa shape index (κ3) is 4.88. The topological polar surface area (TPSA) is 40.9 Å². The summed E-state index contributed by atoms with van der Waals surface area (Å²) in [6.45, 7) is 7.90. The van der Waals surface area contributed by atoms with Crippen LogP contribution in [-0.2, 0) is 10.2 Å². The highest BCUT2D eigenvalue weighted by atomic mass is 35.5. The molecular weight excluding hydrogens is 282 g/mol. The van der Waals surface area contributed by atoms with E-state index in [-0.39, 0.29) is 5.41 Å². The average molecular weight is 302 g/mol. The standard InChI is InChI=1S/C18H20ClNO/c1-13(2)5-6-18(4,10-14(3)12-21)16-7-15(11-20)8-17(19)9-16/h5,7-10,12H,6H2,1-4H3/b14-10+. The largest absolute Gasteiger partial charge is 0.298 e. The molecule has 0 radical (unpaired) electrons. The normalized spacial score (nSPS) is 14.0. The summed E-state index contributed by atoms with van der Waals surface area (Å²) < 4.78 is 0. The first-order chi connectivity index (χ1) is 9.80. The van der Waals surface area contributed by atoms with Crippen LogP contribution in [0.2, 0.25) is 5.02 Å². The van der Waals surface area contributed by atoms with E-state index in [1.54, 1.807) is 13.0 Å². The molecule has 0 aliphatic rings. The van der Waals surface area contributed by atoms with E-state index in [4.69, 9.17) is 16.9 Å². The molecule has 1 atom stereocenters. The van der Waals surface area contributed by atoms with E-state index in [1.807, 2.05) is 39.0 Å². The lowest BCUT2D eigenvalue weighted by atomic mass is 9.77. The molecule has 1 rings (SSSR count). The molecule has 1 aromatic rings. The molecule has 0 aromatic heterocycles. The van der Waals surface area contributed by atoms with Crippen LogP contribution >= 0.6 is 11.6 Å². The first-order valence-electron chi connectivity index (χ1n) is 6.80. The fourth-order valence-corrected chi connectivity index (χ4v) is 2.43. The third-order valence-corrected chi connectivity index (χ3v) is 3.57. The second-order valence-corrected chi connectivity index (χ2v) is 6.19. The van der Waals surface area contributed by atoms with Crippen LogP contribution in [0.3, 0.4) is 0 Å². The molecule has 0 heterocycles. The van der Waals surface area contributed by atoms with E-state index >= 15 is 0 Å². The van der Waals surface area contributed by atoms with E-state index in [1.165, 1.54) is 5.57 Å². The molecule has 2 nitrogen and oxygen atoms in total. The molecule has 1 unspecified atom stereocenters. The summed E-state index contributed by atoms with van der Waals surface area (Å²) in [7, 11) is 0. The summed E-state index contributed by atoms with van der Waals surface area (Å²) in [6, 6.07) is 7.45. The van der Waals surface area contributed by atoms with Gasteiger partial charge in [0, 0.05) is 10.4 Å². The Morgan fingerprint density at radius 1 is 1.33 bits per heavy atom. The molecule has 0 amide bonds. The van der Waals surface area contributed by atoms with Gasteiger partial charge < -0.3 is 0 Å². The minimum atomic E-state index is -0.376. The number of hydrogen-bond acceptors (Lipinski definition) is 2. The first-order valence-corrected chi connectivity index (χ1v) is 7.17. The molecule has 0 bridgehead atoms. The Kier molecular flexibility index (Phi) is 5.93. The Labute approximate surface area is 131 Å². The summed E-state index contributed by atoms with van der Waals surface area (Å²) in [4.78, 5) is 11.0. The third-order valence-electron chi connectivity index (χ3n) is 3.35. The van der Waals surface area contributed by atoms with Crippen molar-refractivity contribution in [1.29, 1.82) is 5.26 Å². The molecule has 0 saturated heterocycles. The van der Waals surface area contributed by atoms with Gasteiger partial charge in [-0.25, -0.2) is 0 Å². The summed E-state index contributed by atoms with van der Waals surface area (Å²) in [5.74, 6) is 0. The number of benzene rings is 1. The van der Waals surface area contributed by atoms with Crippen molar-refractivity contribution >= 4 is 17.9 Å². The molecule has 0 fully saturated rings. The Hall–Kier alpha value is -1.85. The van der Waals surface area contributed by atoms with Gasteiger partial charge in [-0.2, -0.15) is 5.26 Å². The summed E-state index contributed by atoms with van der Waals surface area (Å²) in [5.41, 5.74) is 2.96. The van der Waals surface area contributed by atoms with Crippen molar-refractivity contribution in [3.63, 3.8) is 0 Å². The van der Waals surface area contributed by atoms with Crippen LogP contribution in [-0.4, -0.2) is 6.29 Å². The number of halogens is 1. The van der Waals surface area contributed by atoms with Crippen LogP contribution in [0.1, 0.15) is 45.2 Å². The van der Waals surface area contributed by atoms with Crippen LogP contribution in [0.5, 0.6) is 0 Å². The number of carbonyl (C=O) groups excluding carboxylic acids is 1. The fourth-order valence-electron chi connectivity index (χ4n) is 2.20. The first kappa shape index (κ1) is 17.2. The van der Waals surface area contributed by atoms with Crippen LogP contribution in [0.25, 0.3) is 0 Å². The quantitative estimate of drug-likeness (QED) is 0.437. The number of aldehydes is 1. The van der Waals surface area contributed by atoms with E-state index in [0.717, 1.165) is 18.3 Å². The monoisotopic (exact) mass is 301 g/mol. The van der Waals surface area contributed by atoms with Crippen LogP contribution in [0.15, 0.2) is 41.5 Å². The van der Waals surface area contributed by atoms with Crippen molar-refractivity contribution in [3.8, 4) is 6.07 Å². The fraction of sp³-hybridized carbons (Fsp3) is 0.333. The van der Waals surface area contributed by atoms with E-state index < -0.39 is 0 Å². The number of carbonyl (C=O) groups is 1. The van der Waals surface area contributed by atoms with E-state index in [2.05, 4.69) is 12.1 Å². The van der Waals surface area contributed by atoms with Gasteiger partial charge in [-0.15, -0.1) is 0 Å². The summed E-state index contributed by atoms with van der Waals surface area (Å²) in [6.07, 6.45) is 5.65. The number of hydrogen-bond donors (Lipinski definition) is 0. The Bertz CT molecular complexity index is 633. The Morgan fingerprint density at radius 3 is 2.52 bits per heavy atom. The maximum Gasteiger partial charge on any atom is 0.145 e. The highest BCUT2D eigenvalue weighted by Gasteiger charge is 2.24. The van der Waals surface area contributed by atoms with E-state index in [0.29, 0.717) is 16.2 Å². The second-order valence-electron chi connectivity index (χ2n) is 5.75. The zero-order chi connectivity index (χ0) is 16.0. The molecular formula is C18H20ClNO. The van der Waals surface area contributed by atoms with Gasteiger partial charge in [0.05, 0.1) is 11.6 Å². The minimum Gasteiger partial charge on any atom is -0.298 e. The van der Waals surface area contributed by atoms with Gasteiger partial charge in [-0.3, -0.25) is 4.79 Å². The lowest BCUT2D eigenvalue weighted by molar-refractivity contribution is -0.104. The van der Waals surface area contributed by atoms with E-state index in [9.17, 15) is 4.79 Å². The molecule has 0 N–H and O–H groups in total. The van der Waals surface area contributed by atoms with Crippen molar-refractivity contribution in [1.82, 2.24) is 0 Å². The van der Waals surface area contributed by atoms with Crippen LogP contribution < -0.4 is 0 Å². The highest BCUT2D eigenvalue weighted by Crippen LogP contribution is 2.33. The average Bonchev–Trinajstić information content (AvgIpc) is 2.44. The van der Waals surface area contributed by atoms with Gasteiger partial charge in [0.25, 0.3) is 0 Å². The lowest BCUT2D eigenvalue weighted by Crippen LogP contribution is -2.19. The van der Waals surface area contributed by atoms with Gasteiger partial charge in [-0.05, 0) is 56.5 Å². The number of nitrogens with zero attached hydrogens (tertiary/aromatic N) is 1. The summed E-state index contributed by atoms with van der Waals surface area (Å²) in [5, 5.41) is 9.64. The van der Waals surface area contributed by atoms with Gasteiger partial charge >= 0.3 is 0 Å². The predicted molar refractivity (Wildman–Crippen MR) is 87.4 cm³/mol. The second kappa shape index (κ2) is 7.24. The molecule has 0 aliphatic heterocycles. The number of rotatable bonds is 5. The predicted octanol–water partition coefficient (Wildman–Crippen LogP) is 4.97. The SMILES string of the molecule is CC(C)=CCC(C)(/C=C(\C)C=O)c1cc(Cl)cc(C#N)c1. The van der Waals surface area contributed by atoms with Gasteiger partial charge in [0.2, 0.25) is 0 Å². The zero-order valence-electron chi connectivity index (χ0n) is 12.9. The molecule has 1 aromatic carbocycles. The van der Waals surface area contributed by atoms with Gasteiger partial charge in [0.15, 0.2) is 0 Å². The van der Waals surface area contributed by atoms with Crippen molar-refractivity contribution in [2.45, 2.75) is 39.5 Å². The van der Waals surface area contributed by atoms with Crippen molar-refractivity contribution < 1.29 is 4.79 Å². The Morgan fingerprint density at radius 2 is 2.00 bits per heavy atom. The minimum absolute atomic E-state index is 0.376. The van der Waals surface area contributed by atoms with Gasteiger partial charge in [0.1, 0.15) is 6.29 Å². The zero-order valence-corrected chi connectivity index (χ0v) is 13.7. The van der Waals surface area contributed by atoms with Crippen LogP contribution in [0, 0.1) is 11.3 Å². The van der Waals surface area contributed by atoms with Crippen molar-refractivity contribution in [3.05, 3.63) is 57.6 Å². The number of nitriles is 1. The Balaban J connectivity index is 3.43. The lowest BCUT2D eigenvalue weighted by Gasteiger charge is -2.27. The maximum atomic E-state index is 11.0. The molecule has 0 aliphatic carbocycles. The molecule has 21 heavy (non-hydrogen) atoms. The molecule has 0 saturated carbocycles. The highest BCUT2D eigenvalue weighted by molar-refractivity contribution is 6.30. The molecule has 3 heteroatoms. The molecule has 0 spiro atoms. The van der Waals surface area contributed by atoms with Gasteiger partial charge in [-0.1, -0.05) is 36.2 Å². The number of allylic oxidation sites excluding steroid dienone is 4. The van der Waals surface area contributed by atoms with Crippen molar-refractivity contribution in [2.75, 3.05) is 0 Å². The summed E-state index contributed by atoms with van der Waals surface area (Å²) >= 11 is 6.11.